The Morgan fingerprint density at radius 1 is 1.07 bits per heavy atom. The van der Waals surface area contributed by atoms with Crippen molar-refractivity contribution in [2.75, 3.05) is 24.5 Å². The molecule has 4 bridgehead atoms. The summed E-state index contributed by atoms with van der Waals surface area (Å²) in [6, 6.07) is 0.110. The Labute approximate surface area is 240 Å². The highest BCUT2D eigenvalue weighted by molar-refractivity contribution is 7.89. The molecular weight excluding hydrogens is 554 g/mol. The van der Waals surface area contributed by atoms with E-state index in [2.05, 4.69) is 25.1 Å². The number of sulfonamides is 1. The lowest BCUT2D eigenvalue weighted by Gasteiger charge is -2.58. The molecule has 0 aromatic carbocycles. The van der Waals surface area contributed by atoms with Gasteiger partial charge in [-0.3, -0.25) is 14.2 Å². The zero-order valence-electron chi connectivity index (χ0n) is 23.7. The quantitative estimate of drug-likeness (QED) is 0.448. The molecule has 2 atom stereocenters. The lowest BCUT2D eigenvalue weighted by atomic mass is 9.52. The Balaban J connectivity index is 1.07. The number of nitrogens with zero attached hydrogens (tertiary/aromatic N) is 5. The number of anilines is 1. The zero-order chi connectivity index (χ0) is 28.6. The lowest BCUT2D eigenvalue weighted by molar-refractivity contribution is -0.136. The maximum atomic E-state index is 13.4. The Bertz CT molecular complexity index is 1410. The maximum absolute atomic E-state index is 13.4. The van der Waals surface area contributed by atoms with E-state index in [-0.39, 0.29) is 27.9 Å². The minimum absolute atomic E-state index is 0.0370. The van der Waals surface area contributed by atoms with Crippen LogP contribution in [0.15, 0.2) is 4.90 Å². The highest BCUT2D eigenvalue weighted by Gasteiger charge is 2.55. The molecule has 13 heteroatoms. The van der Waals surface area contributed by atoms with E-state index in [9.17, 15) is 18.3 Å². The van der Waals surface area contributed by atoms with Crippen molar-refractivity contribution in [3.05, 3.63) is 22.1 Å². The summed E-state index contributed by atoms with van der Waals surface area (Å²) in [6.45, 7) is 5.41. The smallest absolute Gasteiger partial charge is 0.272 e. The van der Waals surface area contributed by atoms with Gasteiger partial charge in [-0.15, -0.1) is 0 Å². The second-order valence-electron chi connectivity index (χ2n) is 12.7. The predicted molar refractivity (Wildman–Crippen MR) is 151 cm³/mol. The molecule has 7 rings (SSSR count). The van der Waals surface area contributed by atoms with Crippen molar-refractivity contribution in [1.29, 1.82) is 0 Å². The molecule has 4 saturated carbocycles. The van der Waals surface area contributed by atoms with Gasteiger partial charge in [-0.05, 0) is 82.5 Å². The van der Waals surface area contributed by atoms with E-state index in [1.165, 1.54) is 4.68 Å². The van der Waals surface area contributed by atoms with Gasteiger partial charge < -0.3 is 15.3 Å². The number of piperidine rings is 1. The monoisotopic (exact) mass is 593 g/mol. The molecule has 220 valence electrons. The first-order valence-corrected chi connectivity index (χ1v) is 16.2. The standard InChI is InChI=1S/C27H40ClN7O4S/c1-15-21(25(36)30-22-19-9-18-10-20(22)13-27(37,11-18)12-19)32-34(4)26(15)35-7-5-17(6-8-35)14-29-40(38,39)23-16(2)31-33(3)24(23)28/h17-20,22,29,37H,5-14H2,1-4H3,(H,30,36). The van der Waals surface area contributed by atoms with Gasteiger partial charge in [0.05, 0.1) is 11.3 Å². The summed E-state index contributed by atoms with van der Waals surface area (Å²) in [5.41, 5.74) is 1.18. The number of amides is 1. The van der Waals surface area contributed by atoms with Gasteiger partial charge in [0, 0.05) is 45.3 Å². The number of aromatic nitrogens is 4. The van der Waals surface area contributed by atoms with Crippen molar-refractivity contribution in [3.63, 3.8) is 0 Å². The topological polar surface area (TPSA) is 134 Å². The Morgan fingerprint density at radius 2 is 1.73 bits per heavy atom. The first-order chi connectivity index (χ1) is 18.8. The molecular formula is C27H40ClN7O4S. The number of aryl methyl sites for hydroxylation is 3. The average molecular weight is 594 g/mol. The summed E-state index contributed by atoms with van der Waals surface area (Å²) in [4.78, 5) is 15.7. The van der Waals surface area contributed by atoms with Crippen LogP contribution >= 0.6 is 11.6 Å². The van der Waals surface area contributed by atoms with Crippen LogP contribution in [0.1, 0.15) is 66.7 Å². The van der Waals surface area contributed by atoms with Gasteiger partial charge in [-0.25, -0.2) is 13.1 Å². The summed E-state index contributed by atoms with van der Waals surface area (Å²) in [7, 11) is -0.268. The Kier molecular flexibility index (Phi) is 6.99. The Morgan fingerprint density at radius 3 is 2.30 bits per heavy atom. The average Bonchev–Trinajstić information content (AvgIpc) is 3.32. The largest absolute Gasteiger partial charge is 0.390 e. The fourth-order valence-electron chi connectivity index (χ4n) is 8.28. The summed E-state index contributed by atoms with van der Waals surface area (Å²) in [6.07, 6.45) is 6.31. The summed E-state index contributed by atoms with van der Waals surface area (Å²) in [5.74, 6) is 2.27. The van der Waals surface area contributed by atoms with Gasteiger partial charge in [0.2, 0.25) is 10.0 Å². The molecule has 11 nitrogen and oxygen atoms in total. The van der Waals surface area contributed by atoms with Gasteiger partial charge in [-0.2, -0.15) is 10.2 Å². The number of aliphatic hydroxyl groups is 1. The summed E-state index contributed by atoms with van der Waals surface area (Å²) in [5, 5.41) is 23.0. The second kappa shape index (κ2) is 9.99. The molecule has 40 heavy (non-hydrogen) atoms. The normalized spacial score (nSPS) is 30.3. The third-order valence-electron chi connectivity index (χ3n) is 9.85. The number of hydrogen-bond donors (Lipinski definition) is 3. The maximum Gasteiger partial charge on any atom is 0.272 e. The van der Waals surface area contributed by atoms with E-state index in [4.69, 9.17) is 11.6 Å². The first-order valence-electron chi connectivity index (χ1n) is 14.4. The van der Waals surface area contributed by atoms with E-state index in [1.54, 1.807) is 18.7 Å². The number of halogens is 1. The van der Waals surface area contributed by atoms with E-state index in [1.807, 2.05) is 14.0 Å². The molecule has 3 N–H and O–H groups in total. The zero-order valence-corrected chi connectivity index (χ0v) is 25.2. The molecule has 2 aromatic heterocycles. The first kappa shape index (κ1) is 28.0. The number of hydrogen-bond acceptors (Lipinski definition) is 7. The third kappa shape index (κ3) is 4.84. The fraction of sp³-hybridized carbons (Fsp3) is 0.741. The van der Waals surface area contributed by atoms with Gasteiger partial charge in [-0.1, -0.05) is 11.6 Å². The van der Waals surface area contributed by atoms with Crippen molar-refractivity contribution in [3.8, 4) is 0 Å². The van der Waals surface area contributed by atoms with E-state index < -0.39 is 15.6 Å². The molecule has 1 amide bonds. The third-order valence-corrected chi connectivity index (χ3v) is 12.0. The highest BCUT2D eigenvalue weighted by Crippen LogP contribution is 2.55. The summed E-state index contributed by atoms with van der Waals surface area (Å²) < 4.78 is 31.7. The second-order valence-corrected chi connectivity index (χ2v) is 14.8. The molecule has 5 aliphatic rings. The van der Waals surface area contributed by atoms with Crippen LogP contribution in [0.5, 0.6) is 0 Å². The van der Waals surface area contributed by atoms with E-state index in [0.717, 1.165) is 69.4 Å². The van der Waals surface area contributed by atoms with Crippen LogP contribution in [-0.2, 0) is 24.1 Å². The predicted octanol–water partition coefficient (Wildman–Crippen LogP) is 2.29. The van der Waals surface area contributed by atoms with Gasteiger partial charge in [0.1, 0.15) is 15.9 Å². The molecule has 3 heterocycles. The van der Waals surface area contributed by atoms with Crippen molar-refractivity contribution < 1.29 is 18.3 Å². The molecule has 4 aliphatic carbocycles. The molecule has 1 aliphatic heterocycles. The van der Waals surface area contributed by atoms with Gasteiger partial charge in [0.25, 0.3) is 5.91 Å². The van der Waals surface area contributed by atoms with Gasteiger partial charge in [0.15, 0.2) is 5.69 Å². The van der Waals surface area contributed by atoms with Crippen molar-refractivity contribution in [1.82, 2.24) is 29.6 Å². The molecule has 1 saturated heterocycles. The molecule has 2 aromatic rings. The molecule has 2 unspecified atom stereocenters. The number of carbonyl (C=O) groups is 1. The van der Waals surface area contributed by atoms with Gasteiger partial charge >= 0.3 is 0 Å². The lowest BCUT2D eigenvalue weighted by Crippen LogP contribution is -2.61. The van der Waals surface area contributed by atoms with Crippen LogP contribution < -0.4 is 14.9 Å². The Hall–Kier alpha value is -2.15. The highest BCUT2D eigenvalue weighted by atomic mass is 35.5. The van der Waals surface area contributed by atoms with E-state index in [0.29, 0.717) is 35.7 Å². The van der Waals surface area contributed by atoms with Crippen LogP contribution in [0.25, 0.3) is 0 Å². The fourth-order valence-corrected chi connectivity index (χ4v) is 10.1. The SMILES string of the molecule is Cc1nn(C)c(Cl)c1S(=O)(=O)NCC1CCN(c2c(C)c(C(=O)NC3C4CC5CC3CC(O)(C5)C4)nn2C)CC1. The molecule has 0 radical (unpaired) electrons. The number of nitrogens with one attached hydrogen (secondary N) is 2. The van der Waals surface area contributed by atoms with Crippen molar-refractivity contribution in [2.24, 2.45) is 37.8 Å². The van der Waals surface area contributed by atoms with Crippen LogP contribution in [-0.4, -0.2) is 70.3 Å². The minimum Gasteiger partial charge on any atom is -0.390 e. The molecule has 5 fully saturated rings. The summed E-state index contributed by atoms with van der Waals surface area (Å²) >= 11 is 6.18. The van der Waals surface area contributed by atoms with Crippen LogP contribution in [0.2, 0.25) is 5.15 Å². The molecule has 0 spiro atoms. The van der Waals surface area contributed by atoms with E-state index >= 15 is 0 Å². The number of carbonyl (C=O) groups excluding carboxylic acids is 1. The number of rotatable bonds is 7. The van der Waals surface area contributed by atoms with Crippen LogP contribution in [0, 0.1) is 37.5 Å². The minimum atomic E-state index is -3.76. The van der Waals surface area contributed by atoms with Crippen LogP contribution in [0.4, 0.5) is 5.82 Å². The van der Waals surface area contributed by atoms with Crippen LogP contribution in [0.3, 0.4) is 0 Å². The van der Waals surface area contributed by atoms with Crippen molar-refractivity contribution >= 4 is 33.3 Å². The van der Waals surface area contributed by atoms with Crippen molar-refractivity contribution in [2.45, 2.75) is 75.3 Å².